The summed E-state index contributed by atoms with van der Waals surface area (Å²) < 4.78 is 5.86. The summed E-state index contributed by atoms with van der Waals surface area (Å²) in [7, 11) is 0. The van der Waals surface area contributed by atoms with Crippen LogP contribution < -0.4 is 10.2 Å². The number of nitrogens with one attached hydrogen (secondary N) is 1. The van der Waals surface area contributed by atoms with Gasteiger partial charge in [0, 0.05) is 25.2 Å². The second-order valence-electron chi connectivity index (χ2n) is 7.16. The fourth-order valence-corrected chi connectivity index (χ4v) is 3.55. The van der Waals surface area contributed by atoms with Crippen molar-refractivity contribution in [3.8, 4) is 0 Å². The van der Waals surface area contributed by atoms with E-state index in [9.17, 15) is 4.79 Å². The quantitative estimate of drug-likeness (QED) is 0.743. The summed E-state index contributed by atoms with van der Waals surface area (Å²) in [6, 6.07) is 16.4. The van der Waals surface area contributed by atoms with Gasteiger partial charge in [0.15, 0.2) is 5.58 Å². The van der Waals surface area contributed by atoms with Gasteiger partial charge in [-0.15, -0.1) is 0 Å². The lowest BCUT2D eigenvalue weighted by atomic mass is 9.97. The minimum Gasteiger partial charge on any atom is -0.423 e. The van der Waals surface area contributed by atoms with E-state index in [4.69, 9.17) is 4.42 Å². The van der Waals surface area contributed by atoms with Crippen LogP contribution in [0.2, 0.25) is 0 Å². The normalized spacial score (nSPS) is 15.2. The molecule has 2 heterocycles. The molecule has 2 aromatic carbocycles. The lowest BCUT2D eigenvalue weighted by Crippen LogP contribution is -2.38. The van der Waals surface area contributed by atoms with E-state index in [0.717, 1.165) is 55.6 Å². The van der Waals surface area contributed by atoms with Crippen molar-refractivity contribution < 1.29 is 9.21 Å². The van der Waals surface area contributed by atoms with Crippen molar-refractivity contribution in [3.63, 3.8) is 0 Å². The number of carbonyl (C=O) groups is 1. The molecule has 4 rings (SSSR count). The van der Waals surface area contributed by atoms with Crippen molar-refractivity contribution in [2.24, 2.45) is 5.92 Å². The van der Waals surface area contributed by atoms with Crippen molar-refractivity contribution in [2.45, 2.75) is 26.2 Å². The first kappa shape index (κ1) is 17.6. The molecule has 1 amide bonds. The summed E-state index contributed by atoms with van der Waals surface area (Å²) in [6.45, 7) is 4.63. The molecule has 3 aromatic rings. The van der Waals surface area contributed by atoms with E-state index in [2.05, 4.69) is 22.1 Å². The number of carbonyl (C=O) groups excluding carboxylic acids is 1. The van der Waals surface area contributed by atoms with Gasteiger partial charge in [-0.3, -0.25) is 4.79 Å². The Morgan fingerprint density at radius 2 is 1.89 bits per heavy atom. The number of aryl methyl sites for hydroxylation is 1. The number of anilines is 1. The monoisotopic (exact) mass is 363 g/mol. The lowest BCUT2D eigenvalue weighted by Gasteiger charge is -2.30. The molecule has 5 nitrogen and oxygen atoms in total. The predicted octanol–water partition coefficient (Wildman–Crippen LogP) is 4.04. The van der Waals surface area contributed by atoms with E-state index >= 15 is 0 Å². The Balaban J connectivity index is 1.28. The Kier molecular flexibility index (Phi) is 5.10. The number of hydrogen-bond donors (Lipinski definition) is 1. The fraction of sp³-hybridized carbons (Fsp3) is 0.364. The van der Waals surface area contributed by atoms with Crippen LogP contribution in [-0.2, 0) is 6.42 Å². The van der Waals surface area contributed by atoms with Crippen molar-refractivity contribution in [1.82, 2.24) is 10.3 Å². The molecule has 1 aromatic heterocycles. The van der Waals surface area contributed by atoms with E-state index in [-0.39, 0.29) is 5.91 Å². The summed E-state index contributed by atoms with van der Waals surface area (Å²) in [6.07, 6.45) is 3.03. The van der Waals surface area contributed by atoms with Gasteiger partial charge in [0.25, 0.3) is 11.9 Å². The van der Waals surface area contributed by atoms with Gasteiger partial charge in [-0.25, -0.2) is 0 Å². The van der Waals surface area contributed by atoms with Crippen LogP contribution >= 0.6 is 0 Å². The van der Waals surface area contributed by atoms with Crippen LogP contribution in [0.5, 0.6) is 0 Å². The average molecular weight is 363 g/mol. The third kappa shape index (κ3) is 3.97. The first-order valence-corrected chi connectivity index (χ1v) is 9.70. The van der Waals surface area contributed by atoms with E-state index < -0.39 is 0 Å². The van der Waals surface area contributed by atoms with Crippen LogP contribution in [0.3, 0.4) is 0 Å². The molecule has 1 aliphatic rings. The molecule has 0 saturated carbocycles. The van der Waals surface area contributed by atoms with Gasteiger partial charge in [0.2, 0.25) is 0 Å². The van der Waals surface area contributed by atoms with Crippen LogP contribution in [0, 0.1) is 5.92 Å². The lowest BCUT2D eigenvalue weighted by molar-refractivity contribution is 0.0944. The standard InChI is InChI=1S/C22H25N3O2/c1-2-16-7-9-18(10-8-16)21(26)23-15-17-11-13-25(14-12-17)22-24-19-5-3-4-6-20(19)27-22/h3-10,17H,2,11-15H2,1H3,(H,23,26). The van der Waals surface area contributed by atoms with Crippen molar-refractivity contribution >= 4 is 23.0 Å². The summed E-state index contributed by atoms with van der Waals surface area (Å²) in [5, 5.41) is 3.09. The fourth-order valence-electron chi connectivity index (χ4n) is 3.55. The Labute approximate surface area is 159 Å². The number of rotatable bonds is 5. The van der Waals surface area contributed by atoms with E-state index in [0.29, 0.717) is 11.9 Å². The minimum atomic E-state index is 0.0130. The van der Waals surface area contributed by atoms with E-state index in [1.165, 1.54) is 5.56 Å². The summed E-state index contributed by atoms with van der Waals surface area (Å²) >= 11 is 0. The minimum absolute atomic E-state index is 0.0130. The summed E-state index contributed by atoms with van der Waals surface area (Å²) in [5.74, 6) is 0.503. The molecule has 1 N–H and O–H groups in total. The van der Waals surface area contributed by atoms with Crippen LogP contribution in [0.4, 0.5) is 6.01 Å². The maximum absolute atomic E-state index is 12.3. The van der Waals surface area contributed by atoms with Crippen LogP contribution in [-0.4, -0.2) is 30.5 Å². The SMILES string of the molecule is CCc1ccc(C(=O)NCC2CCN(c3nc4ccccc4o3)CC2)cc1. The van der Waals surface area contributed by atoms with Crippen LogP contribution in [0.25, 0.3) is 11.1 Å². The molecule has 1 aliphatic heterocycles. The second kappa shape index (κ2) is 7.82. The maximum Gasteiger partial charge on any atom is 0.298 e. The van der Waals surface area contributed by atoms with Gasteiger partial charge >= 0.3 is 0 Å². The number of para-hydroxylation sites is 2. The Hall–Kier alpha value is -2.82. The number of benzene rings is 2. The van der Waals surface area contributed by atoms with Crippen LogP contribution in [0.1, 0.15) is 35.7 Å². The summed E-state index contributed by atoms with van der Waals surface area (Å²) in [4.78, 5) is 19.1. The van der Waals surface area contributed by atoms with Crippen molar-refractivity contribution in [1.29, 1.82) is 0 Å². The molecule has 1 saturated heterocycles. The largest absolute Gasteiger partial charge is 0.423 e. The van der Waals surface area contributed by atoms with E-state index in [1.807, 2.05) is 48.5 Å². The van der Waals surface area contributed by atoms with Gasteiger partial charge in [-0.1, -0.05) is 31.2 Å². The third-order valence-electron chi connectivity index (χ3n) is 5.34. The van der Waals surface area contributed by atoms with Gasteiger partial charge in [-0.2, -0.15) is 4.98 Å². The molecular weight excluding hydrogens is 338 g/mol. The molecule has 5 heteroatoms. The predicted molar refractivity (Wildman–Crippen MR) is 107 cm³/mol. The number of piperidine rings is 1. The van der Waals surface area contributed by atoms with E-state index in [1.54, 1.807) is 0 Å². The molecule has 0 spiro atoms. The zero-order valence-electron chi connectivity index (χ0n) is 15.6. The molecule has 27 heavy (non-hydrogen) atoms. The van der Waals surface area contributed by atoms with Crippen molar-refractivity contribution in [2.75, 3.05) is 24.5 Å². The topological polar surface area (TPSA) is 58.4 Å². The molecule has 1 fully saturated rings. The Bertz CT molecular complexity index is 876. The molecule has 0 atom stereocenters. The smallest absolute Gasteiger partial charge is 0.298 e. The van der Waals surface area contributed by atoms with Crippen molar-refractivity contribution in [3.05, 3.63) is 59.7 Å². The molecule has 0 bridgehead atoms. The average Bonchev–Trinajstić information content (AvgIpc) is 3.17. The highest BCUT2D eigenvalue weighted by Gasteiger charge is 2.23. The Morgan fingerprint density at radius 1 is 1.15 bits per heavy atom. The zero-order valence-corrected chi connectivity index (χ0v) is 15.6. The van der Waals surface area contributed by atoms with Gasteiger partial charge in [0.1, 0.15) is 5.52 Å². The highest BCUT2D eigenvalue weighted by Crippen LogP contribution is 2.26. The van der Waals surface area contributed by atoms with Crippen LogP contribution in [0.15, 0.2) is 52.9 Å². The first-order chi connectivity index (χ1) is 13.2. The van der Waals surface area contributed by atoms with Gasteiger partial charge in [0.05, 0.1) is 0 Å². The number of oxazole rings is 1. The number of fused-ring (bicyclic) bond motifs is 1. The summed E-state index contributed by atoms with van der Waals surface area (Å²) in [5.41, 5.74) is 3.71. The molecule has 0 radical (unpaired) electrons. The highest BCUT2D eigenvalue weighted by molar-refractivity contribution is 5.94. The number of amides is 1. The zero-order chi connectivity index (χ0) is 18.6. The number of hydrogen-bond acceptors (Lipinski definition) is 4. The Morgan fingerprint density at radius 3 is 2.59 bits per heavy atom. The molecule has 0 unspecified atom stereocenters. The number of nitrogens with zero attached hydrogens (tertiary/aromatic N) is 2. The second-order valence-corrected chi connectivity index (χ2v) is 7.16. The molecule has 140 valence electrons. The number of aromatic nitrogens is 1. The van der Waals surface area contributed by atoms with Gasteiger partial charge in [-0.05, 0) is 55.0 Å². The molecule has 0 aliphatic carbocycles. The van der Waals surface area contributed by atoms with Gasteiger partial charge < -0.3 is 14.6 Å². The first-order valence-electron chi connectivity index (χ1n) is 9.70. The maximum atomic E-state index is 12.3. The third-order valence-corrected chi connectivity index (χ3v) is 5.34. The molecular formula is C22H25N3O2. The highest BCUT2D eigenvalue weighted by atomic mass is 16.4.